The molecule has 7 nitrogen and oxygen atoms in total. The molecule has 2 heterocycles. The smallest absolute Gasteiger partial charge is 0.233 e. The molecule has 2 aromatic carbocycles. The van der Waals surface area contributed by atoms with Crippen molar-refractivity contribution in [2.24, 2.45) is 0 Å². The van der Waals surface area contributed by atoms with Crippen LogP contribution < -0.4 is 15.5 Å². The summed E-state index contributed by atoms with van der Waals surface area (Å²) in [4.78, 5) is 16.2. The molecule has 30 heavy (non-hydrogen) atoms. The Morgan fingerprint density at radius 3 is 1.70 bits per heavy atom. The van der Waals surface area contributed by atoms with Crippen molar-refractivity contribution in [2.75, 3.05) is 41.8 Å². The average molecular weight is 405 g/mol. The first-order chi connectivity index (χ1) is 14.5. The fourth-order valence-corrected chi connectivity index (χ4v) is 3.53. The Balaban J connectivity index is 1.68. The maximum absolute atomic E-state index is 5.48. The van der Waals surface area contributed by atoms with Gasteiger partial charge in [-0.3, -0.25) is 0 Å². The molecule has 0 bridgehead atoms. The molecule has 0 radical (unpaired) electrons. The van der Waals surface area contributed by atoms with Gasteiger partial charge in [0.25, 0.3) is 0 Å². The highest BCUT2D eigenvalue weighted by molar-refractivity contribution is 5.63. The quantitative estimate of drug-likeness (QED) is 0.651. The van der Waals surface area contributed by atoms with Gasteiger partial charge in [0.15, 0.2) is 0 Å². The maximum atomic E-state index is 5.48. The van der Waals surface area contributed by atoms with Crippen molar-refractivity contribution in [3.63, 3.8) is 0 Å². The summed E-state index contributed by atoms with van der Waals surface area (Å²) >= 11 is 0. The fraction of sp³-hybridized carbons (Fsp3) is 0.348. The third-order valence-electron chi connectivity index (χ3n) is 5.17. The Bertz CT molecular complexity index is 974. The van der Waals surface area contributed by atoms with E-state index in [0.29, 0.717) is 31.1 Å². The van der Waals surface area contributed by atoms with Gasteiger partial charge in [-0.2, -0.15) is 15.0 Å². The molecule has 156 valence electrons. The number of rotatable bonds is 5. The lowest BCUT2D eigenvalue weighted by Gasteiger charge is -2.27. The zero-order valence-electron chi connectivity index (χ0n) is 18.0. The van der Waals surface area contributed by atoms with E-state index < -0.39 is 0 Å². The first kappa shape index (κ1) is 20.1. The van der Waals surface area contributed by atoms with E-state index in [1.807, 2.05) is 0 Å². The Kier molecular flexibility index (Phi) is 5.81. The lowest BCUT2D eigenvalue weighted by atomic mass is 10.1. The van der Waals surface area contributed by atoms with Crippen LogP contribution in [0.15, 0.2) is 36.4 Å². The highest BCUT2D eigenvalue weighted by Crippen LogP contribution is 2.24. The van der Waals surface area contributed by atoms with E-state index in [2.05, 4.69) is 84.6 Å². The normalized spacial score (nSPS) is 13.9. The summed E-state index contributed by atoms with van der Waals surface area (Å²) in [6.07, 6.45) is 0. The number of hydrogen-bond donors (Lipinski definition) is 2. The summed E-state index contributed by atoms with van der Waals surface area (Å²) in [6.45, 7) is 11.2. The molecule has 3 aromatic rings. The molecule has 0 spiro atoms. The Morgan fingerprint density at radius 2 is 1.23 bits per heavy atom. The standard InChI is InChI=1S/C23H28N6O/c1-15-5-7-19(17(3)13-15)24-21-26-22(25-20-8-6-16(2)14-18(20)4)28-23(27-21)29-9-11-30-12-10-29/h5-8,13-14H,9-12H2,1-4H3,(H2,24,25,26,27,28). The van der Waals surface area contributed by atoms with Gasteiger partial charge in [-0.1, -0.05) is 35.4 Å². The number of benzene rings is 2. The molecule has 0 saturated carbocycles. The van der Waals surface area contributed by atoms with Gasteiger partial charge in [-0.25, -0.2) is 0 Å². The van der Waals surface area contributed by atoms with Crippen LogP contribution in [0.5, 0.6) is 0 Å². The van der Waals surface area contributed by atoms with Gasteiger partial charge in [-0.05, 0) is 51.0 Å². The van der Waals surface area contributed by atoms with Crippen molar-refractivity contribution in [1.29, 1.82) is 0 Å². The van der Waals surface area contributed by atoms with E-state index in [4.69, 9.17) is 14.7 Å². The van der Waals surface area contributed by atoms with Crippen LogP contribution >= 0.6 is 0 Å². The van der Waals surface area contributed by atoms with Crippen molar-refractivity contribution in [1.82, 2.24) is 15.0 Å². The van der Waals surface area contributed by atoms with Gasteiger partial charge in [-0.15, -0.1) is 0 Å². The van der Waals surface area contributed by atoms with Crippen LogP contribution in [0.3, 0.4) is 0 Å². The molecular weight excluding hydrogens is 376 g/mol. The topological polar surface area (TPSA) is 75.2 Å². The Morgan fingerprint density at radius 1 is 0.733 bits per heavy atom. The molecule has 0 amide bonds. The van der Waals surface area contributed by atoms with E-state index in [1.54, 1.807) is 0 Å². The maximum Gasteiger partial charge on any atom is 0.233 e. The van der Waals surface area contributed by atoms with E-state index in [9.17, 15) is 0 Å². The predicted molar refractivity (Wildman–Crippen MR) is 121 cm³/mol. The molecule has 0 aliphatic carbocycles. The molecule has 2 N–H and O–H groups in total. The van der Waals surface area contributed by atoms with Crippen LogP contribution in [0, 0.1) is 27.7 Å². The largest absolute Gasteiger partial charge is 0.378 e. The van der Waals surface area contributed by atoms with Crippen molar-refractivity contribution in [3.05, 3.63) is 58.7 Å². The number of morpholine rings is 1. The second-order valence-corrected chi connectivity index (χ2v) is 7.77. The van der Waals surface area contributed by atoms with Crippen LogP contribution in [0.25, 0.3) is 0 Å². The highest BCUT2D eigenvalue weighted by atomic mass is 16.5. The summed E-state index contributed by atoms with van der Waals surface area (Å²) in [6, 6.07) is 12.5. The number of hydrogen-bond acceptors (Lipinski definition) is 7. The zero-order valence-corrected chi connectivity index (χ0v) is 18.0. The lowest BCUT2D eigenvalue weighted by molar-refractivity contribution is 0.122. The van der Waals surface area contributed by atoms with Crippen LogP contribution in [-0.4, -0.2) is 41.3 Å². The SMILES string of the molecule is Cc1ccc(Nc2nc(Nc3ccc(C)cc3C)nc(N3CCOCC3)n2)c(C)c1. The van der Waals surface area contributed by atoms with Crippen molar-refractivity contribution in [2.45, 2.75) is 27.7 Å². The second-order valence-electron chi connectivity index (χ2n) is 7.77. The molecule has 1 aliphatic rings. The minimum Gasteiger partial charge on any atom is -0.378 e. The molecule has 7 heteroatoms. The highest BCUT2D eigenvalue weighted by Gasteiger charge is 2.17. The van der Waals surface area contributed by atoms with Gasteiger partial charge in [0.1, 0.15) is 0 Å². The number of nitrogens with one attached hydrogen (secondary N) is 2. The molecule has 1 fully saturated rings. The van der Waals surface area contributed by atoms with Crippen LogP contribution in [-0.2, 0) is 4.74 Å². The lowest BCUT2D eigenvalue weighted by Crippen LogP contribution is -2.37. The van der Waals surface area contributed by atoms with Crippen LogP contribution in [0.1, 0.15) is 22.3 Å². The number of ether oxygens (including phenoxy) is 1. The van der Waals surface area contributed by atoms with Crippen LogP contribution in [0.4, 0.5) is 29.2 Å². The molecule has 0 unspecified atom stereocenters. The van der Waals surface area contributed by atoms with Gasteiger partial charge in [0.05, 0.1) is 13.2 Å². The summed E-state index contributed by atoms with van der Waals surface area (Å²) in [5.74, 6) is 1.68. The first-order valence-electron chi connectivity index (χ1n) is 10.3. The molecule has 1 saturated heterocycles. The second kappa shape index (κ2) is 8.67. The third-order valence-corrected chi connectivity index (χ3v) is 5.17. The van der Waals surface area contributed by atoms with E-state index in [0.717, 1.165) is 35.6 Å². The molecular formula is C23H28N6O. The average Bonchev–Trinajstić information content (AvgIpc) is 2.73. The third kappa shape index (κ3) is 4.68. The summed E-state index contributed by atoms with van der Waals surface area (Å²) < 4.78 is 5.48. The number of nitrogens with zero attached hydrogens (tertiary/aromatic N) is 4. The first-order valence-corrected chi connectivity index (χ1v) is 10.3. The number of anilines is 5. The van der Waals surface area contributed by atoms with E-state index >= 15 is 0 Å². The number of aromatic nitrogens is 3. The molecule has 1 aromatic heterocycles. The molecule has 1 aliphatic heterocycles. The Hall–Kier alpha value is -3.19. The van der Waals surface area contributed by atoms with Gasteiger partial charge in [0.2, 0.25) is 17.8 Å². The summed E-state index contributed by atoms with van der Waals surface area (Å²) in [5, 5.41) is 6.74. The molecule has 4 rings (SSSR count). The zero-order chi connectivity index (χ0) is 21.1. The van der Waals surface area contributed by atoms with E-state index in [-0.39, 0.29) is 0 Å². The Labute approximate surface area is 177 Å². The monoisotopic (exact) mass is 404 g/mol. The van der Waals surface area contributed by atoms with Gasteiger partial charge >= 0.3 is 0 Å². The minimum atomic E-state index is 0.519. The summed E-state index contributed by atoms with van der Waals surface area (Å²) in [5.41, 5.74) is 6.70. The summed E-state index contributed by atoms with van der Waals surface area (Å²) in [7, 11) is 0. The van der Waals surface area contributed by atoms with Gasteiger partial charge < -0.3 is 20.3 Å². The minimum absolute atomic E-state index is 0.519. The van der Waals surface area contributed by atoms with Gasteiger partial charge in [0, 0.05) is 24.5 Å². The molecule has 0 atom stereocenters. The number of aryl methyl sites for hydroxylation is 4. The van der Waals surface area contributed by atoms with Crippen molar-refractivity contribution in [3.8, 4) is 0 Å². The van der Waals surface area contributed by atoms with E-state index in [1.165, 1.54) is 11.1 Å². The predicted octanol–water partition coefficient (Wildman–Crippen LogP) is 4.43. The van der Waals surface area contributed by atoms with Crippen LogP contribution in [0.2, 0.25) is 0 Å². The van der Waals surface area contributed by atoms with Crippen molar-refractivity contribution < 1.29 is 4.74 Å². The fourth-order valence-electron chi connectivity index (χ4n) is 3.53. The van der Waals surface area contributed by atoms with Crippen molar-refractivity contribution >= 4 is 29.2 Å².